The van der Waals surface area contributed by atoms with E-state index in [0.29, 0.717) is 18.9 Å². The van der Waals surface area contributed by atoms with Gasteiger partial charge in [-0.15, -0.1) is 0 Å². The van der Waals surface area contributed by atoms with Crippen LogP contribution in [0.25, 0.3) is 0 Å². The zero-order valence-electron chi connectivity index (χ0n) is 10.6. The first-order valence-electron chi connectivity index (χ1n) is 6.51. The molecule has 0 aromatic rings. The van der Waals surface area contributed by atoms with E-state index in [-0.39, 0.29) is 5.91 Å². The Morgan fingerprint density at radius 1 is 1.31 bits per heavy atom. The molecule has 1 amide bonds. The fourth-order valence-electron chi connectivity index (χ4n) is 2.16. The van der Waals surface area contributed by atoms with E-state index in [2.05, 4.69) is 19.2 Å². The van der Waals surface area contributed by atoms with Gasteiger partial charge in [-0.25, -0.2) is 0 Å². The molecule has 0 heterocycles. The average Bonchev–Trinajstić information content (AvgIpc) is 2.25. The van der Waals surface area contributed by atoms with Crippen molar-refractivity contribution >= 4 is 5.91 Å². The molecular formula is C13H25NO2. The van der Waals surface area contributed by atoms with Crippen molar-refractivity contribution in [2.45, 2.75) is 64.4 Å². The number of hydrogen-bond acceptors (Lipinski definition) is 2. The molecule has 0 saturated heterocycles. The molecule has 0 spiro atoms. The van der Waals surface area contributed by atoms with Gasteiger partial charge in [0.25, 0.3) is 0 Å². The lowest BCUT2D eigenvalue weighted by molar-refractivity contribution is -0.123. The van der Waals surface area contributed by atoms with Crippen molar-refractivity contribution in [2.24, 2.45) is 5.92 Å². The minimum Gasteiger partial charge on any atom is -0.388 e. The predicted molar refractivity (Wildman–Crippen MR) is 65.1 cm³/mol. The number of carbonyl (C=O) groups is 1. The van der Waals surface area contributed by atoms with Gasteiger partial charge < -0.3 is 10.4 Å². The molecule has 94 valence electrons. The molecule has 0 aromatic heterocycles. The van der Waals surface area contributed by atoms with Crippen molar-refractivity contribution in [3.05, 3.63) is 0 Å². The van der Waals surface area contributed by atoms with Gasteiger partial charge in [0, 0.05) is 13.0 Å². The second kappa shape index (κ2) is 6.24. The summed E-state index contributed by atoms with van der Waals surface area (Å²) in [4.78, 5) is 11.5. The van der Waals surface area contributed by atoms with E-state index in [4.69, 9.17) is 0 Å². The van der Waals surface area contributed by atoms with Crippen molar-refractivity contribution in [3.8, 4) is 0 Å². The molecule has 1 aliphatic carbocycles. The molecule has 2 N–H and O–H groups in total. The lowest BCUT2D eigenvalue weighted by atomic mass is 9.85. The van der Waals surface area contributed by atoms with Gasteiger partial charge >= 0.3 is 0 Å². The molecule has 0 aliphatic heterocycles. The largest absolute Gasteiger partial charge is 0.388 e. The van der Waals surface area contributed by atoms with Crippen molar-refractivity contribution < 1.29 is 9.90 Å². The number of rotatable bonds is 5. The van der Waals surface area contributed by atoms with E-state index in [9.17, 15) is 9.90 Å². The molecule has 0 aromatic carbocycles. The molecule has 1 fully saturated rings. The molecule has 0 radical (unpaired) electrons. The Kier molecular flexibility index (Phi) is 5.26. The Bertz CT molecular complexity index is 220. The Morgan fingerprint density at radius 2 is 1.94 bits per heavy atom. The first kappa shape index (κ1) is 13.5. The van der Waals surface area contributed by atoms with Crippen LogP contribution in [0.15, 0.2) is 0 Å². The maximum Gasteiger partial charge on any atom is 0.220 e. The van der Waals surface area contributed by atoms with E-state index >= 15 is 0 Å². The van der Waals surface area contributed by atoms with E-state index < -0.39 is 5.60 Å². The van der Waals surface area contributed by atoms with E-state index in [1.807, 2.05) is 0 Å². The maximum absolute atomic E-state index is 11.5. The van der Waals surface area contributed by atoms with Crippen molar-refractivity contribution in [2.75, 3.05) is 6.54 Å². The molecular weight excluding hydrogens is 202 g/mol. The molecule has 0 unspecified atom stereocenters. The molecule has 0 atom stereocenters. The molecule has 1 rings (SSSR count). The summed E-state index contributed by atoms with van der Waals surface area (Å²) < 4.78 is 0. The van der Waals surface area contributed by atoms with Gasteiger partial charge in [0.15, 0.2) is 0 Å². The van der Waals surface area contributed by atoms with E-state index in [1.54, 1.807) is 0 Å². The van der Waals surface area contributed by atoms with Crippen LogP contribution in [0.5, 0.6) is 0 Å². The SMILES string of the molecule is CC(C)CCC(=O)NCC1(O)CCCCC1. The van der Waals surface area contributed by atoms with Crippen LogP contribution >= 0.6 is 0 Å². The number of hydrogen-bond donors (Lipinski definition) is 2. The van der Waals surface area contributed by atoms with Crippen LogP contribution in [0.3, 0.4) is 0 Å². The van der Waals surface area contributed by atoms with Gasteiger partial charge in [0.2, 0.25) is 5.91 Å². The number of nitrogens with one attached hydrogen (secondary N) is 1. The fraction of sp³-hybridized carbons (Fsp3) is 0.923. The smallest absolute Gasteiger partial charge is 0.220 e. The lowest BCUT2D eigenvalue weighted by Gasteiger charge is -2.32. The minimum absolute atomic E-state index is 0.0766. The Morgan fingerprint density at radius 3 is 2.50 bits per heavy atom. The number of aliphatic hydroxyl groups is 1. The highest BCUT2D eigenvalue weighted by Gasteiger charge is 2.29. The number of carbonyl (C=O) groups excluding carboxylic acids is 1. The highest BCUT2D eigenvalue weighted by Crippen LogP contribution is 2.27. The molecule has 3 heteroatoms. The molecule has 1 saturated carbocycles. The number of amides is 1. The third-order valence-corrected chi connectivity index (χ3v) is 3.35. The van der Waals surface area contributed by atoms with Crippen LogP contribution in [-0.2, 0) is 4.79 Å². The van der Waals surface area contributed by atoms with Crippen LogP contribution in [0.1, 0.15) is 58.8 Å². The first-order valence-corrected chi connectivity index (χ1v) is 6.51. The highest BCUT2D eigenvalue weighted by molar-refractivity contribution is 5.75. The van der Waals surface area contributed by atoms with Crippen LogP contribution in [0.2, 0.25) is 0 Å². The first-order chi connectivity index (χ1) is 7.52. The Labute approximate surface area is 98.6 Å². The van der Waals surface area contributed by atoms with Gasteiger partial charge in [0.05, 0.1) is 5.60 Å². The third kappa shape index (κ3) is 4.97. The van der Waals surface area contributed by atoms with Gasteiger partial charge in [-0.3, -0.25) is 4.79 Å². The average molecular weight is 227 g/mol. The summed E-state index contributed by atoms with van der Waals surface area (Å²) in [6, 6.07) is 0. The second-order valence-electron chi connectivity index (χ2n) is 5.49. The van der Waals surface area contributed by atoms with Crippen LogP contribution in [0, 0.1) is 5.92 Å². The fourth-order valence-corrected chi connectivity index (χ4v) is 2.16. The zero-order chi connectivity index (χ0) is 12.0. The lowest BCUT2D eigenvalue weighted by Crippen LogP contribution is -2.44. The monoisotopic (exact) mass is 227 g/mol. The molecule has 1 aliphatic rings. The van der Waals surface area contributed by atoms with E-state index in [0.717, 1.165) is 32.1 Å². The quantitative estimate of drug-likeness (QED) is 0.756. The summed E-state index contributed by atoms with van der Waals surface area (Å²) in [7, 11) is 0. The second-order valence-corrected chi connectivity index (χ2v) is 5.49. The standard InChI is InChI=1S/C13H25NO2/c1-11(2)6-7-12(15)14-10-13(16)8-4-3-5-9-13/h11,16H,3-10H2,1-2H3,(H,14,15). The zero-order valence-corrected chi connectivity index (χ0v) is 10.6. The van der Waals surface area contributed by atoms with Gasteiger partial charge in [0.1, 0.15) is 0 Å². The van der Waals surface area contributed by atoms with Crippen LogP contribution in [-0.4, -0.2) is 23.2 Å². The Hall–Kier alpha value is -0.570. The van der Waals surface area contributed by atoms with Gasteiger partial charge in [-0.05, 0) is 25.2 Å². The predicted octanol–water partition coefficient (Wildman–Crippen LogP) is 2.23. The third-order valence-electron chi connectivity index (χ3n) is 3.35. The van der Waals surface area contributed by atoms with Crippen molar-refractivity contribution in [1.82, 2.24) is 5.32 Å². The van der Waals surface area contributed by atoms with Gasteiger partial charge in [-0.2, -0.15) is 0 Å². The summed E-state index contributed by atoms with van der Waals surface area (Å²) in [6.07, 6.45) is 6.53. The molecule has 0 bridgehead atoms. The van der Waals surface area contributed by atoms with Crippen LogP contribution < -0.4 is 5.32 Å². The Balaban J connectivity index is 2.19. The molecule has 16 heavy (non-hydrogen) atoms. The maximum atomic E-state index is 11.5. The summed E-state index contributed by atoms with van der Waals surface area (Å²) in [5, 5.41) is 13.0. The van der Waals surface area contributed by atoms with E-state index in [1.165, 1.54) is 6.42 Å². The summed E-state index contributed by atoms with van der Waals surface area (Å²) >= 11 is 0. The summed E-state index contributed by atoms with van der Waals surface area (Å²) in [6.45, 7) is 4.66. The van der Waals surface area contributed by atoms with Crippen LogP contribution in [0.4, 0.5) is 0 Å². The topological polar surface area (TPSA) is 49.3 Å². The highest BCUT2D eigenvalue weighted by atomic mass is 16.3. The van der Waals surface area contributed by atoms with Crippen molar-refractivity contribution in [3.63, 3.8) is 0 Å². The summed E-state index contributed by atoms with van der Waals surface area (Å²) in [5.74, 6) is 0.635. The normalized spacial score (nSPS) is 19.8. The molecule has 3 nitrogen and oxygen atoms in total. The van der Waals surface area contributed by atoms with Gasteiger partial charge in [-0.1, -0.05) is 33.1 Å². The minimum atomic E-state index is -0.633. The summed E-state index contributed by atoms with van der Waals surface area (Å²) in [5.41, 5.74) is -0.633. The van der Waals surface area contributed by atoms with Crippen molar-refractivity contribution in [1.29, 1.82) is 0 Å².